The number of aromatic amines is 1. The largest absolute Gasteiger partial charge is 0.496 e. The van der Waals surface area contributed by atoms with Gasteiger partial charge in [0.2, 0.25) is 0 Å². The predicted molar refractivity (Wildman–Crippen MR) is 110 cm³/mol. The maximum absolute atomic E-state index is 14.8. The Balaban J connectivity index is 1.71. The fraction of sp³-hybridized carbons (Fsp3) is 0.318. The highest BCUT2D eigenvalue weighted by molar-refractivity contribution is 5.97. The van der Waals surface area contributed by atoms with E-state index < -0.39 is 17.7 Å². The Morgan fingerprint density at radius 3 is 2.83 bits per heavy atom. The first-order valence-corrected chi connectivity index (χ1v) is 9.72. The Kier molecular flexibility index (Phi) is 5.80. The third-order valence-electron chi connectivity index (χ3n) is 5.36. The van der Waals surface area contributed by atoms with Crippen LogP contribution in [0.2, 0.25) is 0 Å². The number of aliphatic hydroxyl groups is 2. The Labute approximate surface area is 172 Å². The molecule has 1 aliphatic rings. The van der Waals surface area contributed by atoms with Crippen molar-refractivity contribution in [1.29, 1.82) is 0 Å². The summed E-state index contributed by atoms with van der Waals surface area (Å²) in [5, 5.41) is 19.2. The molecule has 4 rings (SSSR count). The van der Waals surface area contributed by atoms with E-state index in [4.69, 9.17) is 9.84 Å². The number of aromatic nitrogens is 2. The summed E-state index contributed by atoms with van der Waals surface area (Å²) in [6.45, 7) is 1.50. The van der Waals surface area contributed by atoms with Crippen LogP contribution in [0.25, 0.3) is 27.7 Å². The zero-order valence-electron chi connectivity index (χ0n) is 16.5. The van der Waals surface area contributed by atoms with Crippen molar-refractivity contribution in [2.24, 2.45) is 0 Å². The summed E-state index contributed by atoms with van der Waals surface area (Å²) < 4.78 is 34.0. The van der Waals surface area contributed by atoms with E-state index in [9.17, 15) is 13.9 Å². The number of fused-ring (bicyclic) bond motifs is 1. The predicted octanol–water partition coefficient (Wildman–Crippen LogP) is 2.96. The summed E-state index contributed by atoms with van der Waals surface area (Å²) in [5.74, 6) is -0.662. The van der Waals surface area contributed by atoms with Crippen LogP contribution in [0.5, 0.6) is 5.75 Å². The summed E-state index contributed by atoms with van der Waals surface area (Å²) >= 11 is 0. The second kappa shape index (κ2) is 8.51. The highest BCUT2D eigenvalue weighted by Gasteiger charge is 2.21. The lowest BCUT2D eigenvalue weighted by atomic mass is 10.0. The van der Waals surface area contributed by atoms with Gasteiger partial charge in [0.15, 0.2) is 0 Å². The van der Waals surface area contributed by atoms with Crippen molar-refractivity contribution in [2.45, 2.75) is 12.5 Å². The van der Waals surface area contributed by atoms with E-state index in [1.54, 1.807) is 0 Å². The van der Waals surface area contributed by atoms with Gasteiger partial charge in [-0.2, -0.15) is 0 Å². The third kappa shape index (κ3) is 3.94. The van der Waals surface area contributed by atoms with Crippen LogP contribution in [0, 0.1) is 11.6 Å². The summed E-state index contributed by atoms with van der Waals surface area (Å²) in [4.78, 5) is 9.44. The Bertz CT molecular complexity index is 1100. The lowest BCUT2D eigenvalue weighted by molar-refractivity contribution is 0.0623. The van der Waals surface area contributed by atoms with E-state index in [1.165, 1.54) is 25.3 Å². The molecule has 0 fully saturated rings. The molecular weight excluding hydrogens is 392 g/mol. The molecule has 0 aliphatic carbocycles. The molecule has 3 N–H and O–H groups in total. The molecule has 0 radical (unpaired) electrons. The minimum atomic E-state index is -0.760. The van der Waals surface area contributed by atoms with E-state index in [0.29, 0.717) is 35.4 Å². The first-order chi connectivity index (χ1) is 14.5. The highest BCUT2D eigenvalue weighted by Crippen LogP contribution is 2.38. The monoisotopic (exact) mass is 415 g/mol. The van der Waals surface area contributed by atoms with E-state index in [2.05, 4.69) is 9.97 Å². The van der Waals surface area contributed by atoms with Crippen molar-refractivity contribution in [3.8, 4) is 16.9 Å². The van der Waals surface area contributed by atoms with Crippen LogP contribution in [0.4, 0.5) is 8.78 Å². The molecule has 1 aromatic carbocycles. The molecule has 0 spiro atoms. The number of ether oxygens (including phenoxy) is 1. The van der Waals surface area contributed by atoms with Crippen LogP contribution < -0.4 is 4.74 Å². The Morgan fingerprint density at radius 1 is 1.30 bits per heavy atom. The van der Waals surface area contributed by atoms with Gasteiger partial charge in [-0.15, -0.1) is 0 Å². The Morgan fingerprint density at radius 2 is 2.13 bits per heavy atom. The van der Waals surface area contributed by atoms with Gasteiger partial charge in [0.25, 0.3) is 0 Å². The minimum Gasteiger partial charge on any atom is -0.496 e. The first-order valence-electron chi connectivity index (χ1n) is 9.72. The first kappa shape index (κ1) is 20.5. The number of halogens is 2. The number of nitrogens with one attached hydrogen (secondary N) is 1. The van der Waals surface area contributed by atoms with Gasteiger partial charge in [0.1, 0.15) is 23.0 Å². The van der Waals surface area contributed by atoms with Gasteiger partial charge in [0.05, 0.1) is 26.0 Å². The molecular formula is C22H23F2N3O3. The van der Waals surface area contributed by atoms with E-state index in [1.807, 2.05) is 17.0 Å². The standard InChI is InChI=1S/C22H23F2N3O3/c1-30-20-3-2-14(23)8-16(20)21-17-9-19(26-22(17)25-10-18(21)24)13-4-6-27(7-5-13)11-15(29)12-28/h2-4,8-10,15,28-29H,5-7,11-12H2,1H3,(H,25,26). The van der Waals surface area contributed by atoms with Crippen LogP contribution in [0.15, 0.2) is 36.5 Å². The van der Waals surface area contributed by atoms with Crippen molar-refractivity contribution >= 4 is 16.6 Å². The fourth-order valence-electron chi connectivity index (χ4n) is 3.85. The average molecular weight is 415 g/mol. The summed E-state index contributed by atoms with van der Waals surface area (Å²) in [6.07, 6.45) is 3.13. The fourth-order valence-corrected chi connectivity index (χ4v) is 3.85. The number of hydrogen-bond acceptors (Lipinski definition) is 5. The van der Waals surface area contributed by atoms with Gasteiger partial charge >= 0.3 is 0 Å². The van der Waals surface area contributed by atoms with Gasteiger partial charge in [0, 0.05) is 41.8 Å². The van der Waals surface area contributed by atoms with Crippen molar-refractivity contribution in [3.63, 3.8) is 0 Å². The van der Waals surface area contributed by atoms with Crippen molar-refractivity contribution in [2.75, 3.05) is 33.4 Å². The molecule has 1 unspecified atom stereocenters. The van der Waals surface area contributed by atoms with E-state index in [0.717, 1.165) is 30.4 Å². The maximum atomic E-state index is 14.8. The maximum Gasteiger partial charge on any atom is 0.150 e. The zero-order valence-corrected chi connectivity index (χ0v) is 16.5. The minimum absolute atomic E-state index is 0.239. The zero-order chi connectivity index (χ0) is 21.3. The number of nitrogens with zero attached hydrogens (tertiary/aromatic N) is 2. The van der Waals surface area contributed by atoms with Gasteiger partial charge in [-0.05, 0) is 36.3 Å². The molecule has 8 heteroatoms. The number of aliphatic hydroxyl groups excluding tert-OH is 2. The van der Waals surface area contributed by atoms with Crippen molar-refractivity contribution < 1.29 is 23.7 Å². The van der Waals surface area contributed by atoms with Gasteiger partial charge in [-0.25, -0.2) is 13.8 Å². The normalized spacial score (nSPS) is 16.0. The number of methoxy groups -OCH3 is 1. The molecule has 3 heterocycles. The van der Waals surface area contributed by atoms with Gasteiger partial charge < -0.3 is 19.9 Å². The Hall–Kier alpha value is -2.81. The molecule has 2 aromatic heterocycles. The van der Waals surface area contributed by atoms with Gasteiger partial charge in [-0.3, -0.25) is 4.90 Å². The lowest BCUT2D eigenvalue weighted by Crippen LogP contribution is -2.37. The number of pyridine rings is 1. The van der Waals surface area contributed by atoms with Crippen LogP contribution in [-0.2, 0) is 0 Å². The topological polar surface area (TPSA) is 81.6 Å². The average Bonchev–Trinajstić information content (AvgIpc) is 3.18. The highest BCUT2D eigenvalue weighted by atomic mass is 19.1. The molecule has 30 heavy (non-hydrogen) atoms. The van der Waals surface area contributed by atoms with Crippen LogP contribution in [0.3, 0.4) is 0 Å². The lowest BCUT2D eigenvalue weighted by Gasteiger charge is -2.27. The molecule has 0 bridgehead atoms. The number of benzene rings is 1. The number of hydrogen-bond donors (Lipinski definition) is 3. The summed E-state index contributed by atoms with van der Waals surface area (Å²) in [7, 11) is 1.46. The molecule has 1 atom stereocenters. The number of β-amino-alcohol motifs (C(OH)–C–C–N with tert-alkyl or cyclic N) is 1. The third-order valence-corrected chi connectivity index (χ3v) is 5.36. The number of rotatable bonds is 6. The number of H-pyrrole nitrogens is 1. The van der Waals surface area contributed by atoms with Crippen molar-refractivity contribution in [3.05, 3.63) is 53.9 Å². The van der Waals surface area contributed by atoms with Crippen molar-refractivity contribution in [1.82, 2.24) is 14.9 Å². The SMILES string of the molecule is COc1ccc(F)cc1-c1c(F)cnc2[nH]c(C3=CCN(CC(O)CO)CC3)cc12. The molecule has 0 saturated carbocycles. The molecule has 0 saturated heterocycles. The molecule has 158 valence electrons. The smallest absolute Gasteiger partial charge is 0.150 e. The van der Waals surface area contributed by atoms with E-state index in [-0.39, 0.29) is 12.2 Å². The summed E-state index contributed by atoms with van der Waals surface area (Å²) in [6, 6.07) is 5.83. The molecule has 6 nitrogen and oxygen atoms in total. The van der Waals surface area contributed by atoms with E-state index >= 15 is 0 Å². The van der Waals surface area contributed by atoms with Gasteiger partial charge in [-0.1, -0.05) is 6.08 Å². The second-order valence-electron chi connectivity index (χ2n) is 7.35. The van der Waals surface area contributed by atoms with Crippen LogP contribution in [0.1, 0.15) is 12.1 Å². The van der Waals surface area contributed by atoms with Crippen LogP contribution >= 0.6 is 0 Å². The molecule has 1 aliphatic heterocycles. The summed E-state index contributed by atoms with van der Waals surface area (Å²) in [5.41, 5.74) is 2.95. The molecule has 0 amide bonds. The van der Waals surface area contributed by atoms with Crippen LogP contribution in [-0.4, -0.2) is 64.5 Å². The second-order valence-corrected chi connectivity index (χ2v) is 7.35. The molecule has 3 aromatic rings. The quantitative estimate of drug-likeness (QED) is 0.577.